The zero-order valence-electron chi connectivity index (χ0n) is 10.7. The molecule has 0 saturated carbocycles. The van der Waals surface area contributed by atoms with Crippen LogP contribution in [0.3, 0.4) is 0 Å². The van der Waals surface area contributed by atoms with Gasteiger partial charge in [0, 0.05) is 23.3 Å². The van der Waals surface area contributed by atoms with E-state index in [0.717, 1.165) is 30.3 Å². The molecule has 0 aliphatic carbocycles. The molecular weight excluding hydrogens is 226 g/mol. The first-order valence-electron chi connectivity index (χ1n) is 6.71. The fraction of sp³-hybridized carbons (Fsp3) is 0.533. The van der Waals surface area contributed by atoms with Crippen LogP contribution in [0.1, 0.15) is 41.6 Å². The van der Waals surface area contributed by atoms with E-state index in [9.17, 15) is 9.90 Å². The lowest BCUT2D eigenvalue weighted by molar-refractivity contribution is 0.112. The highest BCUT2D eigenvalue weighted by Gasteiger charge is 2.40. The number of anilines is 1. The molecule has 1 N–H and O–H groups in total. The summed E-state index contributed by atoms with van der Waals surface area (Å²) in [6.07, 6.45) is 4.89. The Hall–Kier alpha value is -1.35. The maximum absolute atomic E-state index is 10.9. The number of piperidine rings is 1. The van der Waals surface area contributed by atoms with Crippen LogP contribution in [0.15, 0.2) is 18.2 Å². The van der Waals surface area contributed by atoms with Crippen molar-refractivity contribution in [2.24, 2.45) is 0 Å². The minimum absolute atomic E-state index is 0.130. The Balaban J connectivity index is 1.91. The van der Waals surface area contributed by atoms with Gasteiger partial charge in [0.1, 0.15) is 6.29 Å². The molecule has 2 saturated heterocycles. The van der Waals surface area contributed by atoms with E-state index in [2.05, 4.69) is 11.0 Å². The normalized spacial score (nSPS) is 30.6. The molecule has 96 valence electrons. The summed E-state index contributed by atoms with van der Waals surface area (Å²) in [5.41, 5.74) is 3.01. The van der Waals surface area contributed by atoms with E-state index in [1.165, 1.54) is 18.5 Å². The summed E-state index contributed by atoms with van der Waals surface area (Å²) in [5, 5.41) is 9.82. The molecule has 0 radical (unpaired) electrons. The van der Waals surface area contributed by atoms with Gasteiger partial charge in [0.25, 0.3) is 0 Å². The monoisotopic (exact) mass is 245 g/mol. The predicted octanol–water partition coefficient (Wildman–Crippen LogP) is 2.30. The van der Waals surface area contributed by atoms with Gasteiger partial charge in [-0.1, -0.05) is 0 Å². The topological polar surface area (TPSA) is 40.5 Å². The molecule has 0 amide bonds. The number of aliphatic hydroxyl groups excluding tert-OH is 1. The summed E-state index contributed by atoms with van der Waals surface area (Å²) in [5.74, 6) is 0. The molecule has 1 aromatic carbocycles. The highest BCUT2D eigenvalue weighted by atomic mass is 16.3. The number of aliphatic hydroxyl groups is 1. The van der Waals surface area contributed by atoms with Crippen molar-refractivity contribution in [2.45, 2.75) is 50.8 Å². The van der Waals surface area contributed by atoms with Crippen LogP contribution in [0.25, 0.3) is 0 Å². The van der Waals surface area contributed by atoms with Crippen LogP contribution in [0.5, 0.6) is 0 Å². The average Bonchev–Trinajstić information content (AvgIpc) is 2.61. The molecule has 2 aliphatic heterocycles. The average molecular weight is 245 g/mol. The maximum atomic E-state index is 10.9. The number of carbonyl (C=O) groups is 1. The van der Waals surface area contributed by atoms with Crippen LogP contribution in [0, 0.1) is 6.92 Å². The lowest BCUT2D eigenvalue weighted by Crippen LogP contribution is -2.44. The van der Waals surface area contributed by atoms with Crippen LogP contribution in [0.4, 0.5) is 5.69 Å². The summed E-state index contributed by atoms with van der Waals surface area (Å²) in [7, 11) is 0. The van der Waals surface area contributed by atoms with Crippen molar-refractivity contribution in [1.29, 1.82) is 0 Å². The molecule has 3 rings (SSSR count). The first kappa shape index (κ1) is 11.7. The van der Waals surface area contributed by atoms with E-state index >= 15 is 0 Å². The highest BCUT2D eigenvalue weighted by molar-refractivity contribution is 5.78. The third-order valence-electron chi connectivity index (χ3n) is 4.39. The van der Waals surface area contributed by atoms with E-state index in [4.69, 9.17) is 0 Å². The largest absolute Gasteiger partial charge is 0.393 e. The van der Waals surface area contributed by atoms with Gasteiger partial charge in [0.05, 0.1) is 6.10 Å². The standard InChI is InChI=1S/C15H19NO2/c1-10-6-12(3-2-11(10)9-17)16-13-4-5-14(16)8-15(18)7-13/h2-3,6,9,13-15,18H,4-5,7-8H2,1H3. The van der Waals surface area contributed by atoms with Crippen molar-refractivity contribution >= 4 is 12.0 Å². The van der Waals surface area contributed by atoms with Crippen molar-refractivity contribution in [3.05, 3.63) is 29.3 Å². The molecule has 2 atom stereocenters. The van der Waals surface area contributed by atoms with Gasteiger partial charge in [0.15, 0.2) is 0 Å². The van der Waals surface area contributed by atoms with Gasteiger partial charge in [0.2, 0.25) is 0 Å². The number of hydrogen-bond acceptors (Lipinski definition) is 3. The Morgan fingerprint density at radius 2 is 1.94 bits per heavy atom. The molecule has 18 heavy (non-hydrogen) atoms. The van der Waals surface area contributed by atoms with Gasteiger partial charge in [-0.05, 0) is 56.4 Å². The first-order valence-corrected chi connectivity index (χ1v) is 6.71. The third kappa shape index (κ3) is 1.83. The summed E-state index contributed by atoms with van der Waals surface area (Å²) in [6, 6.07) is 7.00. The van der Waals surface area contributed by atoms with Gasteiger partial charge in [-0.3, -0.25) is 4.79 Å². The number of benzene rings is 1. The van der Waals surface area contributed by atoms with E-state index in [-0.39, 0.29) is 6.10 Å². The van der Waals surface area contributed by atoms with Crippen LogP contribution in [-0.4, -0.2) is 29.6 Å². The fourth-order valence-corrected chi connectivity index (χ4v) is 3.52. The van der Waals surface area contributed by atoms with Crippen LogP contribution < -0.4 is 4.90 Å². The Morgan fingerprint density at radius 3 is 2.50 bits per heavy atom. The molecule has 0 aromatic heterocycles. The molecule has 3 heteroatoms. The van der Waals surface area contributed by atoms with Crippen LogP contribution in [-0.2, 0) is 0 Å². The summed E-state index contributed by atoms with van der Waals surface area (Å²) >= 11 is 0. The van der Waals surface area contributed by atoms with E-state index in [0.29, 0.717) is 12.1 Å². The second kappa shape index (κ2) is 4.39. The van der Waals surface area contributed by atoms with Crippen molar-refractivity contribution in [1.82, 2.24) is 0 Å². The number of fused-ring (bicyclic) bond motifs is 2. The molecule has 1 aromatic rings. The van der Waals surface area contributed by atoms with E-state index in [1.54, 1.807) is 0 Å². The number of aldehydes is 1. The highest BCUT2D eigenvalue weighted by Crippen LogP contribution is 2.39. The number of carbonyl (C=O) groups excluding carboxylic acids is 1. The Labute approximate surface area is 107 Å². The Kier molecular flexibility index (Phi) is 2.86. The van der Waals surface area contributed by atoms with Crippen LogP contribution in [0.2, 0.25) is 0 Å². The Morgan fingerprint density at radius 1 is 1.28 bits per heavy atom. The number of rotatable bonds is 2. The maximum Gasteiger partial charge on any atom is 0.150 e. The van der Waals surface area contributed by atoms with Crippen molar-refractivity contribution in [3.8, 4) is 0 Å². The van der Waals surface area contributed by atoms with Crippen molar-refractivity contribution < 1.29 is 9.90 Å². The smallest absolute Gasteiger partial charge is 0.150 e. The van der Waals surface area contributed by atoms with Gasteiger partial charge >= 0.3 is 0 Å². The zero-order chi connectivity index (χ0) is 12.7. The molecule has 2 heterocycles. The lowest BCUT2D eigenvalue weighted by Gasteiger charge is -2.39. The lowest BCUT2D eigenvalue weighted by atomic mass is 9.98. The van der Waals surface area contributed by atoms with Crippen molar-refractivity contribution in [2.75, 3.05) is 4.90 Å². The zero-order valence-corrected chi connectivity index (χ0v) is 10.7. The SMILES string of the molecule is Cc1cc(N2C3CCC2CC(O)C3)ccc1C=O. The Bertz CT molecular complexity index is 458. The van der Waals surface area contributed by atoms with E-state index < -0.39 is 0 Å². The predicted molar refractivity (Wildman–Crippen MR) is 71.1 cm³/mol. The fourth-order valence-electron chi connectivity index (χ4n) is 3.52. The molecule has 2 unspecified atom stereocenters. The molecule has 2 fully saturated rings. The van der Waals surface area contributed by atoms with Crippen molar-refractivity contribution in [3.63, 3.8) is 0 Å². The van der Waals surface area contributed by atoms with Gasteiger partial charge in [-0.25, -0.2) is 0 Å². The molecular formula is C15H19NO2. The summed E-state index contributed by atoms with van der Waals surface area (Å²) in [4.78, 5) is 13.3. The quantitative estimate of drug-likeness (QED) is 0.813. The van der Waals surface area contributed by atoms with Crippen LogP contribution >= 0.6 is 0 Å². The second-order valence-corrected chi connectivity index (χ2v) is 5.58. The number of aryl methyl sites for hydroxylation is 1. The molecule has 2 aliphatic rings. The van der Waals surface area contributed by atoms with Gasteiger partial charge in [-0.2, -0.15) is 0 Å². The van der Waals surface area contributed by atoms with Gasteiger partial charge in [-0.15, -0.1) is 0 Å². The number of nitrogens with zero attached hydrogens (tertiary/aromatic N) is 1. The molecule has 0 spiro atoms. The summed E-state index contributed by atoms with van der Waals surface area (Å²) in [6.45, 7) is 1.98. The first-order chi connectivity index (χ1) is 8.69. The molecule has 2 bridgehead atoms. The van der Waals surface area contributed by atoms with E-state index in [1.807, 2.05) is 19.1 Å². The van der Waals surface area contributed by atoms with Gasteiger partial charge < -0.3 is 10.0 Å². The third-order valence-corrected chi connectivity index (χ3v) is 4.39. The summed E-state index contributed by atoms with van der Waals surface area (Å²) < 4.78 is 0. The minimum atomic E-state index is -0.130. The second-order valence-electron chi connectivity index (χ2n) is 5.58. The molecule has 3 nitrogen and oxygen atoms in total. The number of hydrogen-bond donors (Lipinski definition) is 1. The minimum Gasteiger partial charge on any atom is -0.393 e.